The Kier molecular flexibility index (Phi) is 4.07. The molecular weight excluding hydrogens is 212 g/mol. The number of hydrogen-bond donors (Lipinski definition) is 2. The van der Waals surface area contributed by atoms with E-state index in [1.54, 1.807) is 13.1 Å². The molecule has 0 radical (unpaired) electrons. The predicted octanol–water partition coefficient (Wildman–Crippen LogP) is 1.07. The van der Waals surface area contributed by atoms with E-state index >= 15 is 0 Å². The summed E-state index contributed by atoms with van der Waals surface area (Å²) in [5, 5.41) is 23.2. The number of phenols is 1. The van der Waals surface area contributed by atoms with Crippen LogP contribution >= 0.6 is 0 Å². The lowest BCUT2D eigenvalue weighted by molar-refractivity contribution is -0.386. The van der Waals surface area contributed by atoms with Gasteiger partial charge >= 0.3 is 5.69 Å². The van der Waals surface area contributed by atoms with Crippen molar-refractivity contribution < 1.29 is 14.8 Å². The fourth-order valence-corrected chi connectivity index (χ4v) is 1.36. The van der Waals surface area contributed by atoms with Crippen LogP contribution in [0.25, 0.3) is 0 Å². The fraction of sp³-hybridized carbons (Fsp3) is 0.400. The van der Waals surface area contributed by atoms with E-state index in [0.29, 0.717) is 13.0 Å². The summed E-state index contributed by atoms with van der Waals surface area (Å²) in [6.07, 6.45) is 0.633. The molecule has 6 heteroatoms. The molecule has 0 saturated carbocycles. The molecule has 0 bridgehead atoms. The quantitative estimate of drug-likeness (QED) is 0.579. The largest absolute Gasteiger partial charge is 0.500 e. The summed E-state index contributed by atoms with van der Waals surface area (Å²) in [5.41, 5.74) is 0.418. The van der Waals surface area contributed by atoms with Crippen LogP contribution in [0.5, 0.6) is 11.5 Å². The van der Waals surface area contributed by atoms with Crippen LogP contribution < -0.4 is 10.1 Å². The molecule has 1 aromatic rings. The second-order valence-corrected chi connectivity index (χ2v) is 3.28. The summed E-state index contributed by atoms with van der Waals surface area (Å²) in [6.45, 7) is 0.699. The lowest BCUT2D eigenvalue weighted by atomic mass is 10.1. The van der Waals surface area contributed by atoms with Gasteiger partial charge in [0, 0.05) is 6.07 Å². The van der Waals surface area contributed by atoms with Crippen molar-refractivity contribution in [3.05, 3.63) is 27.8 Å². The zero-order valence-corrected chi connectivity index (χ0v) is 9.19. The SMILES string of the molecule is CNCCc1cc(OC)c(O)c([N+](=O)[O-])c1. The molecule has 16 heavy (non-hydrogen) atoms. The van der Waals surface area contributed by atoms with Crippen molar-refractivity contribution in [3.8, 4) is 11.5 Å². The highest BCUT2D eigenvalue weighted by Gasteiger charge is 2.19. The maximum atomic E-state index is 10.7. The number of phenolic OH excluding ortho intramolecular Hbond substituents is 1. The number of nitro benzene ring substituents is 1. The van der Waals surface area contributed by atoms with Crippen LogP contribution in [-0.2, 0) is 6.42 Å². The van der Waals surface area contributed by atoms with Crippen LogP contribution in [0, 0.1) is 10.1 Å². The molecule has 88 valence electrons. The molecule has 0 aliphatic rings. The molecule has 6 nitrogen and oxygen atoms in total. The molecule has 0 amide bonds. The minimum Gasteiger partial charge on any atom is -0.500 e. The number of ether oxygens (including phenoxy) is 1. The van der Waals surface area contributed by atoms with Gasteiger partial charge in [-0.05, 0) is 31.6 Å². The lowest BCUT2D eigenvalue weighted by Crippen LogP contribution is -2.10. The van der Waals surface area contributed by atoms with Gasteiger partial charge in [-0.15, -0.1) is 0 Å². The highest BCUT2D eigenvalue weighted by molar-refractivity contribution is 5.57. The van der Waals surface area contributed by atoms with E-state index in [4.69, 9.17) is 4.74 Å². The van der Waals surface area contributed by atoms with Crippen LogP contribution in [0.2, 0.25) is 0 Å². The van der Waals surface area contributed by atoms with Gasteiger partial charge < -0.3 is 15.2 Å². The van der Waals surface area contributed by atoms with Gasteiger partial charge in [-0.1, -0.05) is 0 Å². The number of rotatable bonds is 5. The summed E-state index contributed by atoms with van der Waals surface area (Å²) in [5.74, 6) is -0.305. The minimum absolute atomic E-state index is 0.125. The average Bonchev–Trinajstić information content (AvgIpc) is 2.27. The standard InChI is InChI=1S/C10H14N2O4/c1-11-4-3-7-5-8(12(14)15)10(13)9(6-7)16-2/h5-6,11,13H,3-4H2,1-2H3. The third-order valence-corrected chi connectivity index (χ3v) is 2.19. The zero-order chi connectivity index (χ0) is 12.1. The number of methoxy groups -OCH3 is 1. The van der Waals surface area contributed by atoms with Gasteiger partial charge in [0.1, 0.15) is 0 Å². The predicted molar refractivity (Wildman–Crippen MR) is 58.9 cm³/mol. The first-order valence-corrected chi connectivity index (χ1v) is 4.79. The number of aromatic hydroxyl groups is 1. The first-order valence-electron chi connectivity index (χ1n) is 4.79. The molecule has 0 aliphatic heterocycles. The minimum atomic E-state index is -0.624. The molecular formula is C10H14N2O4. The van der Waals surface area contributed by atoms with E-state index < -0.39 is 10.7 Å². The van der Waals surface area contributed by atoms with Gasteiger partial charge in [0.05, 0.1) is 12.0 Å². The van der Waals surface area contributed by atoms with Crippen molar-refractivity contribution in [2.75, 3.05) is 20.7 Å². The Hall–Kier alpha value is -1.82. The van der Waals surface area contributed by atoms with Gasteiger partial charge in [0.2, 0.25) is 5.75 Å². The van der Waals surface area contributed by atoms with E-state index in [-0.39, 0.29) is 11.4 Å². The topological polar surface area (TPSA) is 84.6 Å². The van der Waals surface area contributed by atoms with Crippen LogP contribution in [0.3, 0.4) is 0 Å². The van der Waals surface area contributed by atoms with Gasteiger partial charge in [0.25, 0.3) is 0 Å². The molecule has 0 heterocycles. The van der Waals surface area contributed by atoms with Crippen LogP contribution in [0.1, 0.15) is 5.56 Å². The molecule has 0 aliphatic carbocycles. The maximum Gasteiger partial charge on any atom is 0.314 e. The van der Waals surface area contributed by atoms with Gasteiger partial charge in [0.15, 0.2) is 5.75 Å². The van der Waals surface area contributed by atoms with Gasteiger partial charge in [-0.3, -0.25) is 10.1 Å². The molecule has 2 N–H and O–H groups in total. The van der Waals surface area contributed by atoms with E-state index in [2.05, 4.69) is 5.32 Å². The number of likely N-dealkylation sites (N-methyl/N-ethyl adjacent to an activating group) is 1. The number of nitrogens with zero attached hydrogens (tertiary/aromatic N) is 1. The van der Waals surface area contributed by atoms with Gasteiger partial charge in [-0.25, -0.2) is 0 Å². The third-order valence-electron chi connectivity index (χ3n) is 2.19. The summed E-state index contributed by atoms with van der Waals surface area (Å²) >= 11 is 0. The molecule has 1 rings (SSSR count). The Labute approximate surface area is 93.0 Å². The summed E-state index contributed by atoms with van der Waals surface area (Å²) in [4.78, 5) is 10.1. The normalized spacial score (nSPS) is 10.1. The highest BCUT2D eigenvalue weighted by atomic mass is 16.6. The van der Waals surface area contributed by atoms with Crippen molar-refractivity contribution in [1.82, 2.24) is 5.32 Å². The zero-order valence-electron chi connectivity index (χ0n) is 9.19. The Morgan fingerprint density at radius 3 is 2.75 bits per heavy atom. The van der Waals surface area contributed by atoms with Crippen LogP contribution in [0.4, 0.5) is 5.69 Å². The second-order valence-electron chi connectivity index (χ2n) is 3.28. The van der Waals surface area contributed by atoms with Crippen molar-refractivity contribution >= 4 is 5.69 Å². The highest BCUT2D eigenvalue weighted by Crippen LogP contribution is 2.36. The van der Waals surface area contributed by atoms with Gasteiger partial charge in [-0.2, -0.15) is 0 Å². The van der Waals surface area contributed by atoms with E-state index in [1.165, 1.54) is 13.2 Å². The van der Waals surface area contributed by atoms with E-state index in [9.17, 15) is 15.2 Å². The third kappa shape index (κ3) is 2.60. The molecule has 1 aromatic carbocycles. The van der Waals surface area contributed by atoms with Crippen molar-refractivity contribution in [2.45, 2.75) is 6.42 Å². The Balaban J connectivity index is 3.12. The Morgan fingerprint density at radius 2 is 2.25 bits per heavy atom. The number of benzene rings is 1. The van der Waals surface area contributed by atoms with Crippen molar-refractivity contribution in [3.63, 3.8) is 0 Å². The number of nitrogens with one attached hydrogen (secondary N) is 1. The smallest absolute Gasteiger partial charge is 0.314 e. The van der Waals surface area contributed by atoms with Crippen molar-refractivity contribution in [2.24, 2.45) is 0 Å². The Bertz CT molecular complexity index is 393. The molecule has 0 aromatic heterocycles. The molecule has 0 spiro atoms. The fourth-order valence-electron chi connectivity index (χ4n) is 1.36. The summed E-state index contributed by atoms with van der Waals surface area (Å²) in [7, 11) is 3.16. The van der Waals surface area contributed by atoms with Crippen LogP contribution in [0.15, 0.2) is 12.1 Å². The average molecular weight is 226 g/mol. The molecule has 0 fully saturated rings. The molecule has 0 unspecified atom stereocenters. The summed E-state index contributed by atoms with van der Waals surface area (Å²) < 4.78 is 4.88. The first kappa shape index (κ1) is 12.3. The number of hydrogen-bond acceptors (Lipinski definition) is 5. The lowest BCUT2D eigenvalue weighted by Gasteiger charge is -2.07. The van der Waals surface area contributed by atoms with Crippen molar-refractivity contribution in [1.29, 1.82) is 0 Å². The molecule has 0 saturated heterocycles. The maximum absolute atomic E-state index is 10.7. The van der Waals surface area contributed by atoms with E-state index in [0.717, 1.165) is 5.56 Å². The number of nitro groups is 1. The molecule has 0 atom stereocenters. The Morgan fingerprint density at radius 1 is 1.56 bits per heavy atom. The van der Waals surface area contributed by atoms with E-state index in [1.807, 2.05) is 0 Å². The first-order chi connectivity index (χ1) is 7.60. The monoisotopic (exact) mass is 226 g/mol. The summed E-state index contributed by atoms with van der Waals surface area (Å²) in [6, 6.07) is 2.95. The van der Waals surface area contributed by atoms with Crippen LogP contribution in [-0.4, -0.2) is 30.7 Å². The second kappa shape index (κ2) is 5.32.